The highest BCUT2D eigenvalue weighted by molar-refractivity contribution is 14.1. The van der Waals surface area contributed by atoms with E-state index in [1.165, 1.54) is 13.1 Å². The first-order valence-electron chi connectivity index (χ1n) is 3.10. The summed E-state index contributed by atoms with van der Waals surface area (Å²) in [6.07, 6.45) is -2.89. The molecule has 0 radical (unpaired) electrons. The quantitative estimate of drug-likeness (QED) is 0.668. The molecule has 12 heavy (non-hydrogen) atoms. The van der Waals surface area contributed by atoms with Crippen molar-refractivity contribution in [2.24, 2.45) is 0 Å². The molecular weight excluding hydrogens is 282 g/mol. The Hall–Kier alpha value is -0.330. The van der Waals surface area contributed by atoms with Crippen molar-refractivity contribution in [1.82, 2.24) is 4.98 Å². The first-order valence-corrected chi connectivity index (χ1v) is 4.18. The predicted octanol–water partition coefficient (Wildman–Crippen LogP) is 3.01. The van der Waals surface area contributed by atoms with E-state index in [0.29, 0.717) is 3.57 Å². The predicted molar refractivity (Wildman–Crippen MR) is 46.7 cm³/mol. The van der Waals surface area contributed by atoms with Crippen LogP contribution < -0.4 is 0 Å². The summed E-state index contributed by atoms with van der Waals surface area (Å²) in [6, 6.07) is 1.09. The normalized spacial score (nSPS) is 11.8. The van der Waals surface area contributed by atoms with Crippen LogP contribution in [0.3, 0.4) is 0 Å². The molecule has 0 aliphatic rings. The summed E-state index contributed by atoms with van der Waals surface area (Å²) in [7, 11) is 0. The third-order valence-electron chi connectivity index (χ3n) is 1.36. The average molecular weight is 287 g/mol. The highest BCUT2D eigenvalue weighted by Crippen LogP contribution is 2.31. The van der Waals surface area contributed by atoms with Crippen LogP contribution in [-0.4, -0.2) is 4.98 Å². The van der Waals surface area contributed by atoms with Gasteiger partial charge in [-0.1, -0.05) is 0 Å². The van der Waals surface area contributed by atoms with Crippen LogP contribution in [0.15, 0.2) is 12.3 Å². The van der Waals surface area contributed by atoms with Crippen molar-refractivity contribution in [3.63, 3.8) is 0 Å². The van der Waals surface area contributed by atoms with Crippen molar-refractivity contribution >= 4 is 22.6 Å². The fourth-order valence-electron chi connectivity index (χ4n) is 0.795. The Kier molecular flexibility index (Phi) is 2.60. The molecule has 0 fully saturated rings. The molecule has 1 heterocycles. The van der Waals surface area contributed by atoms with E-state index in [4.69, 9.17) is 0 Å². The van der Waals surface area contributed by atoms with Gasteiger partial charge in [-0.05, 0) is 35.6 Å². The van der Waals surface area contributed by atoms with Crippen molar-refractivity contribution in [2.45, 2.75) is 13.1 Å². The molecule has 0 saturated heterocycles. The van der Waals surface area contributed by atoms with Crippen LogP contribution in [0.1, 0.15) is 11.3 Å². The zero-order valence-corrected chi connectivity index (χ0v) is 8.27. The fourth-order valence-corrected chi connectivity index (χ4v) is 1.25. The summed E-state index contributed by atoms with van der Waals surface area (Å²) in [4.78, 5) is 3.62. The van der Waals surface area contributed by atoms with Gasteiger partial charge in [0, 0.05) is 15.5 Å². The van der Waals surface area contributed by atoms with Crippen LogP contribution in [0.25, 0.3) is 0 Å². The number of hydrogen-bond acceptors (Lipinski definition) is 1. The molecule has 0 aliphatic carbocycles. The minimum absolute atomic E-state index is 0.0166. The Balaban J connectivity index is 3.23. The van der Waals surface area contributed by atoms with Gasteiger partial charge in [0.2, 0.25) is 0 Å². The molecule has 0 aromatic carbocycles. The molecule has 0 spiro atoms. The molecule has 0 aliphatic heterocycles. The van der Waals surface area contributed by atoms with Gasteiger partial charge in [0.1, 0.15) is 0 Å². The molecule has 1 aromatic heterocycles. The second kappa shape index (κ2) is 3.20. The second-order valence-electron chi connectivity index (χ2n) is 2.28. The molecule has 0 unspecified atom stereocenters. The summed E-state index contributed by atoms with van der Waals surface area (Å²) in [5.74, 6) is 0. The van der Waals surface area contributed by atoms with E-state index in [1.807, 2.05) is 0 Å². The molecule has 5 heteroatoms. The maximum absolute atomic E-state index is 12.2. The van der Waals surface area contributed by atoms with Crippen molar-refractivity contribution in [2.75, 3.05) is 0 Å². The zero-order chi connectivity index (χ0) is 9.35. The molecule has 0 saturated carbocycles. The van der Waals surface area contributed by atoms with Crippen molar-refractivity contribution in [3.05, 3.63) is 27.1 Å². The Bertz CT molecular complexity index is 295. The van der Waals surface area contributed by atoms with Crippen LogP contribution in [0.4, 0.5) is 13.2 Å². The van der Waals surface area contributed by atoms with Crippen LogP contribution in [-0.2, 0) is 6.18 Å². The summed E-state index contributed by atoms with van der Waals surface area (Å²) in [5.41, 5.74) is -0.641. The Morgan fingerprint density at radius 3 is 2.42 bits per heavy atom. The smallest absolute Gasteiger partial charge is 0.260 e. The number of rotatable bonds is 0. The van der Waals surface area contributed by atoms with Gasteiger partial charge in [0.15, 0.2) is 0 Å². The largest absolute Gasteiger partial charge is 0.418 e. The van der Waals surface area contributed by atoms with Crippen molar-refractivity contribution in [3.8, 4) is 0 Å². The summed E-state index contributed by atoms with van der Waals surface area (Å²) >= 11 is 1.80. The molecule has 1 rings (SSSR count). The van der Waals surface area contributed by atoms with E-state index in [0.717, 1.165) is 6.07 Å². The fraction of sp³-hybridized carbons (Fsp3) is 0.286. The first-order chi connectivity index (χ1) is 5.41. The highest BCUT2D eigenvalue weighted by atomic mass is 127. The van der Waals surface area contributed by atoms with E-state index in [2.05, 4.69) is 4.98 Å². The lowest BCUT2D eigenvalue weighted by atomic mass is 10.2. The number of nitrogens with zero attached hydrogens (tertiary/aromatic N) is 1. The van der Waals surface area contributed by atoms with Gasteiger partial charge in [-0.2, -0.15) is 13.2 Å². The molecular formula is C7H5F3IN. The maximum Gasteiger partial charge on any atom is 0.418 e. The standard InChI is InChI=1S/C7H5F3IN/c1-4-6(7(8,9)10)2-5(11)3-12-4/h2-3H,1H3. The van der Waals surface area contributed by atoms with Crippen LogP contribution >= 0.6 is 22.6 Å². The number of aromatic nitrogens is 1. The Morgan fingerprint density at radius 1 is 1.42 bits per heavy atom. The lowest BCUT2D eigenvalue weighted by Gasteiger charge is -2.08. The number of alkyl halides is 3. The Morgan fingerprint density at radius 2 is 2.00 bits per heavy atom. The van der Waals surface area contributed by atoms with Gasteiger partial charge in [0.25, 0.3) is 0 Å². The summed E-state index contributed by atoms with van der Waals surface area (Å²) in [5, 5.41) is 0. The van der Waals surface area contributed by atoms with E-state index in [9.17, 15) is 13.2 Å². The summed E-state index contributed by atoms with van der Waals surface area (Å²) < 4.78 is 37.0. The molecule has 66 valence electrons. The highest BCUT2D eigenvalue weighted by Gasteiger charge is 2.32. The molecule has 1 aromatic rings. The maximum atomic E-state index is 12.2. The van der Waals surface area contributed by atoms with Crippen LogP contribution in [0, 0.1) is 10.5 Å². The SMILES string of the molecule is Cc1ncc(I)cc1C(F)(F)F. The third-order valence-corrected chi connectivity index (χ3v) is 1.95. The van der Waals surface area contributed by atoms with Crippen LogP contribution in [0.2, 0.25) is 0 Å². The lowest BCUT2D eigenvalue weighted by molar-refractivity contribution is -0.138. The van der Waals surface area contributed by atoms with E-state index in [-0.39, 0.29) is 5.69 Å². The van der Waals surface area contributed by atoms with Gasteiger partial charge >= 0.3 is 6.18 Å². The first kappa shape index (κ1) is 9.76. The zero-order valence-electron chi connectivity index (χ0n) is 6.11. The molecule has 0 bridgehead atoms. The molecule has 1 nitrogen and oxygen atoms in total. The molecule has 0 N–H and O–H groups in total. The van der Waals surface area contributed by atoms with Crippen LogP contribution in [0.5, 0.6) is 0 Å². The van der Waals surface area contributed by atoms with Gasteiger partial charge in [-0.25, -0.2) is 0 Å². The number of aryl methyl sites for hydroxylation is 1. The van der Waals surface area contributed by atoms with E-state index >= 15 is 0 Å². The van der Waals surface area contributed by atoms with Gasteiger partial charge < -0.3 is 0 Å². The van der Waals surface area contributed by atoms with Gasteiger partial charge in [-0.15, -0.1) is 0 Å². The van der Waals surface area contributed by atoms with Gasteiger partial charge in [0.05, 0.1) is 5.56 Å². The number of pyridine rings is 1. The van der Waals surface area contributed by atoms with Crippen molar-refractivity contribution < 1.29 is 13.2 Å². The lowest BCUT2D eigenvalue weighted by Crippen LogP contribution is -2.08. The van der Waals surface area contributed by atoms with Gasteiger partial charge in [-0.3, -0.25) is 4.98 Å². The number of halogens is 4. The van der Waals surface area contributed by atoms with E-state index < -0.39 is 11.7 Å². The Labute approximate surface area is 81.1 Å². The third kappa shape index (κ3) is 2.09. The second-order valence-corrected chi connectivity index (χ2v) is 3.53. The van der Waals surface area contributed by atoms with E-state index in [1.54, 1.807) is 22.6 Å². The average Bonchev–Trinajstić information content (AvgIpc) is 1.92. The minimum Gasteiger partial charge on any atom is -0.260 e. The molecule has 0 amide bonds. The minimum atomic E-state index is -4.29. The van der Waals surface area contributed by atoms with Crippen molar-refractivity contribution in [1.29, 1.82) is 0 Å². The number of hydrogen-bond donors (Lipinski definition) is 0. The molecule has 0 atom stereocenters. The summed E-state index contributed by atoms with van der Waals surface area (Å²) in [6.45, 7) is 1.35. The monoisotopic (exact) mass is 287 g/mol. The topological polar surface area (TPSA) is 12.9 Å².